The molecular formula is C17H25NO3S. The average Bonchev–Trinajstić information content (AvgIpc) is 2.58. The Morgan fingerprint density at radius 2 is 2.23 bits per heavy atom. The minimum absolute atomic E-state index is 0.247. The number of benzene rings is 1. The zero-order valence-electron chi connectivity index (χ0n) is 13.2. The molecule has 2 saturated heterocycles. The van der Waals surface area contributed by atoms with E-state index in [9.17, 15) is 5.11 Å². The monoisotopic (exact) mass is 323 g/mol. The number of ether oxygens (including phenoxy) is 2. The second kappa shape index (κ2) is 7.21. The summed E-state index contributed by atoms with van der Waals surface area (Å²) in [6.07, 6.45) is 0.805. The first-order chi connectivity index (χ1) is 10.7. The third-order valence-corrected chi connectivity index (χ3v) is 5.90. The van der Waals surface area contributed by atoms with Crippen molar-refractivity contribution in [3.8, 4) is 5.75 Å². The summed E-state index contributed by atoms with van der Waals surface area (Å²) in [5, 5.41) is 11.4. The predicted molar refractivity (Wildman–Crippen MR) is 89.6 cm³/mol. The van der Waals surface area contributed by atoms with Gasteiger partial charge in [0.1, 0.15) is 5.75 Å². The fourth-order valence-corrected chi connectivity index (χ4v) is 4.65. The SMILES string of the molecule is COc1cccc(C2(O)CCSCC2CN2CCOCC2)c1. The van der Waals surface area contributed by atoms with Crippen LogP contribution >= 0.6 is 11.8 Å². The van der Waals surface area contributed by atoms with E-state index in [2.05, 4.69) is 4.90 Å². The van der Waals surface area contributed by atoms with Crippen molar-refractivity contribution >= 4 is 11.8 Å². The van der Waals surface area contributed by atoms with E-state index in [1.54, 1.807) is 7.11 Å². The van der Waals surface area contributed by atoms with Crippen LogP contribution in [0.25, 0.3) is 0 Å². The minimum Gasteiger partial charge on any atom is -0.497 e. The summed E-state index contributed by atoms with van der Waals surface area (Å²) in [5.41, 5.74) is 0.239. The summed E-state index contributed by atoms with van der Waals surface area (Å²) in [7, 11) is 1.67. The van der Waals surface area contributed by atoms with E-state index in [0.29, 0.717) is 0 Å². The molecule has 2 heterocycles. The van der Waals surface area contributed by atoms with Crippen LogP contribution in [0.1, 0.15) is 12.0 Å². The molecule has 5 heteroatoms. The molecule has 3 rings (SSSR count). The number of hydrogen-bond acceptors (Lipinski definition) is 5. The summed E-state index contributed by atoms with van der Waals surface area (Å²) in [6.45, 7) is 4.48. The molecule has 2 aliphatic heterocycles. The first-order valence-corrected chi connectivity index (χ1v) is 9.12. The number of hydrogen-bond donors (Lipinski definition) is 1. The van der Waals surface area contributed by atoms with Crippen molar-refractivity contribution in [2.75, 3.05) is 51.5 Å². The Kier molecular flexibility index (Phi) is 5.29. The highest BCUT2D eigenvalue weighted by Crippen LogP contribution is 2.41. The Morgan fingerprint density at radius 3 is 3.00 bits per heavy atom. The van der Waals surface area contributed by atoms with Crippen molar-refractivity contribution in [2.45, 2.75) is 12.0 Å². The highest BCUT2D eigenvalue weighted by Gasteiger charge is 2.41. The van der Waals surface area contributed by atoms with Gasteiger partial charge in [-0.1, -0.05) is 12.1 Å². The van der Waals surface area contributed by atoms with Gasteiger partial charge in [-0.05, 0) is 29.9 Å². The van der Waals surface area contributed by atoms with Gasteiger partial charge in [-0.3, -0.25) is 4.90 Å². The Balaban J connectivity index is 1.80. The average molecular weight is 323 g/mol. The van der Waals surface area contributed by atoms with Gasteiger partial charge in [-0.2, -0.15) is 11.8 Å². The predicted octanol–water partition coefficient (Wildman–Crippen LogP) is 1.97. The van der Waals surface area contributed by atoms with Crippen molar-refractivity contribution in [1.82, 2.24) is 4.90 Å². The lowest BCUT2D eigenvalue weighted by Crippen LogP contribution is -2.48. The lowest BCUT2D eigenvalue weighted by molar-refractivity contribution is -0.0467. The molecule has 122 valence electrons. The molecule has 1 N–H and O–H groups in total. The zero-order valence-corrected chi connectivity index (χ0v) is 14.0. The molecule has 1 aromatic carbocycles. The summed E-state index contributed by atoms with van der Waals surface area (Å²) < 4.78 is 10.8. The van der Waals surface area contributed by atoms with Gasteiger partial charge in [0.05, 0.1) is 25.9 Å². The van der Waals surface area contributed by atoms with E-state index in [1.807, 2.05) is 36.0 Å². The van der Waals surface area contributed by atoms with Crippen molar-refractivity contribution in [2.24, 2.45) is 5.92 Å². The summed E-state index contributed by atoms with van der Waals surface area (Å²) in [5.74, 6) is 3.07. The van der Waals surface area contributed by atoms with Crippen LogP contribution in [0.5, 0.6) is 5.75 Å². The van der Waals surface area contributed by atoms with Gasteiger partial charge in [-0.15, -0.1) is 0 Å². The van der Waals surface area contributed by atoms with E-state index in [-0.39, 0.29) is 5.92 Å². The van der Waals surface area contributed by atoms with Gasteiger partial charge in [0, 0.05) is 31.3 Å². The molecule has 0 amide bonds. The second-order valence-electron chi connectivity index (χ2n) is 6.09. The summed E-state index contributed by atoms with van der Waals surface area (Å²) in [6, 6.07) is 7.92. The molecule has 2 aliphatic rings. The van der Waals surface area contributed by atoms with E-state index in [0.717, 1.165) is 62.1 Å². The van der Waals surface area contributed by atoms with Gasteiger partial charge in [0.15, 0.2) is 0 Å². The fourth-order valence-electron chi connectivity index (χ4n) is 3.37. The maximum atomic E-state index is 11.4. The highest BCUT2D eigenvalue weighted by atomic mass is 32.2. The molecule has 4 nitrogen and oxygen atoms in total. The number of nitrogens with zero attached hydrogens (tertiary/aromatic N) is 1. The molecule has 0 bridgehead atoms. The third-order valence-electron chi connectivity index (χ3n) is 4.77. The van der Waals surface area contributed by atoms with Crippen LogP contribution in [0, 0.1) is 5.92 Å². The van der Waals surface area contributed by atoms with Crippen LogP contribution < -0.4 is 4.74 Å². The third kappa shape index (κ3) is 3.43. The van der Waals surface area contributed by atoms with Crippen LogP contribution in [0.2, 0.25) is 0 Å². The second-order valence-corrected chi connectivity index (χ2v) is 7.24. The standard InChI is InChI=1S/C17H25NO3S/c1-20-16-4-2-3-14(11-16)17(19)5-10-22-13-15(17)12-18-6-8-21-9-7-18/h2-4,11,15,19H,5-10,12-13H2,1H3. The van der Waals surface area contributed by atoms with Crippen LogP contribution in [-0.2, 0) is 10.3 Å². The largest absolute Gasteiger partial charge is 0.497 e. The first kappa shape index (κ1) is 16.1. The smallest absolute Gasteiger partial charge is 0.119 e. The molecular weight excluding hydrogens is 298 g/mol. The molecule has 22 heavy (non-hydrogen) atoms. The summed E-state index contributed by atoms with van der Waals surface area (Å²) >= 11 is 1.95. The first-order valence-electron chi connectivity index (χ1n) is 7.97. The molecule has 0 radical (unpaired) electrons. The van der Waals surface area contributed by atoms with Crippen LogP contribution in [-0.4, -0.2) is 61.5 Å². The Morgan fingerprint density at radius 1 is 1.41 bits per heavy atom. The summed E-state index contributed by atoms with van der Waals surface area (Å²) in [4.78, 5) is 2.42. The maximum absolute atomic E-state index is 11.4. The van der Waals surface area contributed by atoms with E-state index < -0.39 is 5.60 Å². The van der Waals surface area contributed by atoms with Crippen LogP contribution in [0.4, 0.5) is 0 Å². The van der Waals surface area contributed by atoms with Gasteiger partial charge in [-0.25, -0.2) is 0 Å². The van der Waals surface area contributed by atoms with Crippen LogP contribution in [0.15, 0.2) is 24.3 Å². The Hall–Kier alpha value is -0.750. The molecule has 0 aliphatic carbocycles. The molecule has 2 unspecified atom stereocenters. The zero-order chi connectivity index (χ0) is 15.4. The van der Waals surface area contributed by atoms with Gasteiger partial charge < -0.3 is 14.6 Å². The van der Waals surface area contributed by atoms with Crippen LogP contribution in [0.3, 0.4) is 0 Å². The van der Waals surface area contributed by atoms with Gasteiger partial charge in [0.25, 0.3) is 0 Å². The van der Waals surface area contributed by atoms with Gasteiger partial charge in [0.2, 0.25) is 0 Å². The maximum Gasteiger partial charge on any atom is 0.119 e. The lowest BCUT2D eigenvalue weighted by atomic mass is 9.79. The number of rotatable bonds is 4. The Labute approximate surface area is 136 Å². The number of methoxy groups -OCH3 is 1. The minimum atomic E-state index is -0.752. The van der Waals surface area contributed by atoms with E-state index in [1.165, 1.54) is 0 Å². The van der Waals surface area contributed by atoms with Crippen molar-refractivity contribution in [1.29, 1.82) is 0 Å². The van der Waals surface area contributed by atoms with Crippen molar-refractivity contribution in [3.05, 3.63) is 29.8 Å². The van der Waals surface area contributed by atoms with E-state index in [4.69, 9.17) is 9.47 Å². The van der Waals surface area contributed by atoms with Gasteiger partial charge >= 0.3 is 0 Å². The van der Waals surface area contributed by atoms with E-state index >= 15 is 0 Å². The molecule has 0 spiro atoms. The lowest BCUT2D eigenvalue weighted by Gasteiger charge is -2.43. The molecule has 2 fully saturated rings. The van der Waals surface area contributed by atoms with Crippen molar-refractivity contribution < 1.29 is 14.6 Å². The number of thioether (sulfide) groups is 1. The molecule has 0 saturated carbocycles. The highest BCUT2D eigenvalue weighted by molar-refractivity contribution is 7.99. The fraction of sp³-hybridized carbons (Fsp3) is 0.647. The molecule has 1 aromatic rings. The topological polar surface area (TPSA) is 41.9 Å². The van der Waals surface area contributed by atoms with Crippen molar-refractivity contribution in [3.63, 3.8) is 0 Å². The molecule has 0 aromatic heterocycles. The quantitative estimate of drug-likeness (QED) is 0.917. The Bertz CT molecular complexity index is 493. The number of morpholine rings is 1. The normalized spacial score (nSPS) is 30.2. The molecule has 2 atom stereocenters. The number of aliphatic hydroxyl groups is 1.